The van der Waals surface area contributed by atoms with Crippen LogP contribution in [-0.2, 0) is 0 Å². The van der Waals surface area contributed by atoms with E-state index < -0.39 is 11.7 Å². The standard InChI is InChI=1S/C17H14BrFN2O2/c1-2-8-23-16-7-6-12(9-15(16)18)11-20-21-17(22)13-4-3-5-14(19)10-13/h2-7,9-11H,1,8H2,(H,21,22)/b20-11-. The number of carbonyl (C=O) groups is 1. The number of halogens is 2. The van der Waals surface area contributed by atoms with E-state index in [4.69, 9.17) is 4.74 Å². The van der Waals surface area contributed by atoms with E-state index in [1.54, 1.807) is 24.3 Å². The zero-order chi connectivity index (χ0) is 16.7. The van der Waals surface area contributed by atoms with Crippen LogP contribution in [0.5, 0.6) is 5.75 Å². The maximum Gasteiger partial charge on any atom is 0.271 e. The Morgan fingerprint density at radius 3 is 2.87 bits per heavy atom. The maximum atomic E-state index is 13.0. The van der Waals surface area contributed by atoms with E-state index in [2.05, 4.69) is 33.0 Å². The summed E-state index contributed by atoms with van der Waals surface area (Å²) >= 11 is 3.39. The first kappa shape index (κ1) is 16.9. The molecular weight excluding hydrogens is 363 g/mol. The Morgan fingerprint density at radius 2 is 2.17 bits per heavy atom. The van der Waals surface area contributed by atoms with Crippen LogP contribution < -0.4 is 10.2 Å². The highest BCUT2D eigenvalue weighted by molar-refractivity contribution is 9.10. The number of nitrogens with one attached hydrogen (secondary N) is 1. The second-order valence-electron chi connectivity index (χ2n) is 4.50. The molecule has 2 aromatic carbocycles. The van der Waals surface area contributed by atoms with E-state index in [9.17, 15) is 9.18 Å². The van der Waals surface area contributed by atoms with E-state index in [1.165, 1.54) is 24.4 Å². The highest BCUT2D eigenvalue weighted by atomic mass is 79.9. The second-order valence-corrected chi connectivity index (χ2v) is 5.35. The Hall–Kier alpha value is -2.47. The van der Waals surface area contributed by atoms with Gasteiger partial charge in [0.05, 0.1) is 10.7 Å². The van der Waals surface area contributed by atoms with Crippen molar-refractivity contribution in [2.75, 3.05) is 6.61 Å². The molecule has 0 saturated heterocycles. The monoisotopic (exact) mass is 376 g/mol. The highest BCUT2D eigenvalue weighted by Crippen LogP contribution is 2.25. The second kappa shape index (κ2) is 8.24. The fraction of sp³-hybridized carbons (Fsp3) is 0.0588. The molecule has 23 heavy (non-hydrogen) atoms. The zero-order valence-electron chi connectivity index (χ0n) is 12.1. The van der Waals surface area contributed by atoms with Crippen molar-refractivity contribution >= 4 is 28.1 Å². The topological polar surface area (TPSA) is 50.7 Å². The van der Waals surface area contributed by atoms with Crippen LogP contribution in [0, 0.1) is 5.82 Å². The maximum absolute atomic E-state index is 13.0. The summed E-state index contributed by atoms with van der Waals surface area (Å²) in [6.07, 6.45) is 3.14. The molecule has 0 heterocycles. The van der Waals surface area contributed by atoms with Gasteiger partial charge in [0.1, 0.15) is 18.2 Å². The lowest BCUT2D eigenvalue weighted by Crippen LogP contribution is -2.17. The van der Waals surface area contributed by atoms with Gasteiger partial charge in [-0.05, 0) is 57.9 Å². The van der Waals surface area contributed by atoms with Crippen LogP contribution in [0.3, 0.4) is 0 Å². The lowest BCUT2D eigenvalue weighted by Gasteiger charge is -2.06. The summed E-state index contributed by atoms with van der Waals surface area (Å²) in [4.78, 5) is 11.8. The number of hydrazone groups is 1. The van der Waals surface area contributed by atoms with Crippen LogP contribution in [0.1, 0.15) is 15.9 Å². The first-order valence-corrected chi connectivity index (χ1v) is 7.51. The molecule has 0 aliphatic rings. The normalized spacial score (nSPS) is 10.5. The number of hydrogen-bond acceptors (Lipinski definition) is 3. The van der Waals surface area contributed by atoms with Crippen molar-refractivity contribution in [3.8, 4) is 5.75 Å². The van der Waals surface area contributed by atoms with Crippen molar-refractivity contribution in [1.82, 2.24) is 5.43 Å². The molecule has 2 rings (SSSR count). The molecule has 2 aromatic rings. The van der Waals surface area contributed by atoms with E-state index in [-0.39, 0.29) is 5.56 Å². The predicted octanol–water partition coefficient (Wildman–Crippen LogP) is 3.92. The third-order valence-corrected chi connectivity index (χ3v) is 3.40. The molecule has 0 saturated carbocycles. The molecule has 1 amide bonds. The van der Waals surface area contributed by atoms with Crippen molar-refractivity contribution in [1.29, 1.82) is 0 Å². The van der Waals surface area contributed by atoms with Gasteiger partial charge in [-0.25, -0.2) is 9.82 Å². The summed E-state index contributed by atoms with van der Waals surface area (Å²) in [5.41, 5.74) is 3.32. The van der Waals surface area contributed by atoms with E-state index in [0.717, 1.165) is 16.1 Å². The molecule has 6 heteroatoms. The predicted molar refractivity (Wildman–Crippen MR) is 91.3 cm³/mol. The van der Waals surface area contributed by atoms with Crippen molar-refractivity contribution in [2.45, 2.75) is 0 Å². The van der Waals surface area contributed by atoms with Gasteiger partial charge in [0.25, 0.3) is 5.91 Å². The zero-order valence-corrected chi connectivity index (χ0v) is 13.7. The molecular formula is C17H14BrFN2O2. The average molecular weight is 377 g/mol. The van der Waals surface area contributed by atoms with Gasteiger partial charge in [0, 0.05) is 5.56 Å². The molecule has 118 valence electrons. The van der Waals surface area contributed by atoms with Gasteiger partial charge in [-0.3, -0.25) is 4.79 Å². The SMILES string of the molecule is C=CCOc1ccc(/C=N\NC(=O)c2cccc(F)c2)cc1Br. The first-order valence-electron chi connectivity index (χ1n) is 6.72. The van der Waals surface area contributed by atoms with E-state index in [1.807, 2.05) is 0 Å². The van der Waals surface area contributed by atoms with Crippen molar-refractivity contribution in [2.24, 2.45) is 5.10 Å². The molecule has 4 nitrogen and oxygen atoms in total. The molecule has 0 fully saturated rings. The fourth-order valence-corrected chi connectivity index (χ4v) is 2.23. The minimum Gasteiger partial charge on any atom is -0.488 e. The van der Waals surface area contributed by atoms with Crippen LogP contribution in [0.25, 0.3) is 0 Å². The molecule has 0 spiro atoms. The Bertz CT molecular complexity index is 747. The Balaban J connectivity index is 1.99. The van der Waals surface area contributed by atoms with Crippen molar-refractivity contribution in [3.05, 3.63) is 76.5 Å². The number of carbonyl (C=O) groups excluding carboxylic acids is 1. The summed E-state index contributed by atoms with van der Waals surface area (Å²) in [5, 5.41) is 3.86. The highest BCUT2D eigenvalue weighted by Gasteiger charge is 2.05. The van der Waals surface area contributed by atoms with Crippen LogP contribution in [0.15, 0.2) is 64.7 Å². The average Bonchev–Trinajstić information content (AvgIpc) is 2.54. The number of amides is 1. The van der Waals surface area contributed by atoms with Gasteiger partial charge < -0.3 is 4.74 Å². The quantitative estimate of drug-likeness (QED) is 0.471. The molecule has 1 N–H and O–H groups in total. The fourth-order valence-electron chi connectivity index (χ4n) is 1.72. The third-order valence-electron chi connectivity index (χ3n) is 2.78. The van der Waals surface area contributed by atoms with E-state index in [0.29, 0.717) is 12.4 Å². The number of rotatable bonds is 6. The summed E-state index contributed by atoms with van der Waals surface area (Å²) in [6.45, 7) is 4.00. The van der Waals surface area contributed by atoms with Crippen LogP contribution >= 0.6 is 15.9 Å². The number of ether oxygens (including phenoxy) is 1. The molecule has 0 aromatic heterocycles. The number of benzene rings is 2. The summed E-state index contributed by atoms with van der Waals surface area (Å²) in [7, 11) is 0. The smallest absolute Gasteiger partial charge is 0.271 e. The van der Waals surface area contributed by atoms with Gasteiger partial charge in [0.2, 0.25) is 0 Å². The molecule has 0 atom stereocenters. The Labute approximate surface area is 141 Å². The molecule has 0 aliphatic carbocycles. The molecule has 0 bridgehead atoms. The largest absolute Gasteiger partial charge is 0.488 e. The summed E-state index contributed by atoms with van der Waals surface area (Å²) in [5.74, 6) is -0.266. The lowest BCUT2D eigenvalue weighted by molar-refractivity contribution is 0.0954. The Morgan fingerprint density at radius 1 is 1.35 bits per heavy atom. The third kappa shape index (κ3) is 5.03. The number of hydrogen-bond donors (Lipinski definition) is 1. The van der Waals surface area contributed by atoms with Gasteiger partial charge in [-0.1, -0.05) is 18.7 Å². The number of nitrogens with zero attached hydrogens (tertiary/aromatic N) is 1. The van der Waals surface area contributed by atoms with Gasteiger partial charge in [-0.15, -0.1) is 0 Å². The first-order chi connectivity index (χ1) is 11.1. The summed E-state index contributed by atoms with van der Waals surface area (Å²) < 4.78 is 19.2. The van der Waals surface area contributed by atoms with Crippen LogP contribution in [0.2, 0.25) is 0 Å². The van der Waals surface area contributed by atoms with Crippen LogP contribution in [0.4, 0.5) is 4.39 Å². The van der Waals surface area contributed by atoms with Gasteiger partial charge in [0.15, 0.2) is 0 Å². The van der Waals surface area contributed by atoms with Crippen molar-refractivity contribution < 1.29 is 13.9 Å². The lowest BCUT2D eigenvalue weighted by atomic mass is 10.2. The minimum absolute atomic E-state index is 0.205. The van der Waals surface area contributed by atoms with E-state index >= 15 is 0 Å². The van der Waals surface area contributed by atoms with Gasteiger partial charge in [-0.2, -0.15) is 5.10 Å². The van der Waals surface area contributed by atoms with Gasteiger partial charge >= 0.3 is 0 Å². The molecule has 0 radical (unpaired) electrons. The van der Waals surface area contributed by atoms with Crippen LogP contribution in [-0.4, -0.2) is 18.7 Å². The summed E-state index contributed by atoms with van der Waals surface area (Å²) in [6, 6.07) is 10.8. The minimum atomic E-state index is -0.481. The molecule has 0 unspecified atom stereocenters. The van der Waals surface area contributed by atoms with Crippen molar-refractivity contribution in [3.63, 3.8) is 0 Å². The molecule has 0 aliphatic heterocycles. The Kier molecular flexibility index (Phi) is 6.05.